The van der Waals surface area contributed by atoms with Crippen molar-refractivity contribution < 1.29 is 9.47 Å². The molecule has 0 aliphatic heterocycles. The van der Waals surface area contributed by atoms with Gasteiger partial charge in [0.1, 0.15) is 30.5 Å². The van der Waals surface area contributed by atoms with Crippen LogP contribution in [0.15, 0.2) is 101 Å². The van der Waals surface area contributed by atoms with E-state index in [1.165, 1.54) is 0 Å². The number of nitrogens with two attached hydrogens (primary N) is 2. The fourth-order valence-electron chi connectivity index (χ4n) is 3.42. The summed E-state index contributed by atoms with van der Waals surface area (Å²) < 4.78 is 12.0. The quantitative estimate of drug-likeness (QED) is 0.237. The van der Waals surface area contributed by atoms with Crippen LogP contribution in [-0.2, 0) is 6.61 Å². The van der Waals surface area contributed by atoms with E-state index in [0.29, 0.717) is 25.5 Å². The Bertz CT molecular complexity index is 1210. The summed E-state index contributed by atoms with van der Waals surface area (Å²) in [6.07, 6.45) is 9.52. The second-order valence-electron chi connectivity index (χ2n) is 7.52. The van der Waals surface area contributed by atoms with E-state index in [0.717, 1.165) is 45.7 Å². The molecule has 6 nitrogen and oxygen atoms in total. The second-order valence-corrected chi connectivity index (χ2v) is 7.52. The number of hydrogen-bond donors (Lipinski definition) is 2. The molecule has 4 rings (SSSR count). The van der Waals surface area contributed by atoms with Crippen molar-refractivity contribution in [3.05, 3.63) is 102 Å². The number of hydrogen-bond acceptors (Lipinski definition) is 5. The zero-order valence-corrected chi connectivity index (χ0v) is 17.8. The molecule has 0 bridgehead atoms. The van der Waals surface area contributed by atoms with Crippen molar-refractivity contribution in [3.63, 3.8) is 0 Å². The lowest BCUT2D eigenvalue weighted by molar-refractivity contribution is 0.297. The Balaban J connectivity index is 1.36. The SMILES string of the molecule is N/N=C(\N)CC1=CC=CCC(COc2cccc(OCc3ccc4ccccc4n3)c2)=C1. The lowest BCUT2D eigenvalue weighted by atomic mass is 10.1. The average Bonchev–Trinajstić information content (AvgIpc) is 3.06. The van der Waals surface area contributed by atoms with E-state index >= 15 is 0 Å². The molecule has 4 N–H and O–H groups in total. The summed E-state index contributed by atoms with van der Waals surface area (Å²) in [7, 11) is 0. The summed E-state index contributed by atoms with van der Waals surface area (Å²) in [4.78, 5) is 4.65. The minimum Gasteiger partial charge on any atom is -0.489 e. The highest BCUT2D eigenvalue weighted by molar-refractivity contribution is 5.83. The van der Waals surface area contributed by atoms with E-state index in [1.54, 1.807) is 0 Å². The summed E-state index contributed by atoms with van der Waals surface area (Å²) in [5.74, 6) is 7.13. The Morgan fingerprint density at radius 1 is 0.969 bits per heavy atom. The van der Waals surface area contributed by atoms with Crippen molar-refractivity contribution in [2.45, 2.75) is 19.4 Å². The van der Waals surface area contributed by atoms with Gasteiger partial charge in [0.2, 0.25) is 0 Å². The Labute approximate surface area is 187 Å². The molecule has 0 fully saturated rings. The van der Waals surface area contributed by atoms with Gasteiger partial charge in [-0.1, -0.05) is 54.6 Å². The number of hydrazone groups is 1. The van der Waals surface area contributed by atoms with Crippen molar-refractivity contribution >= 4 is 16.7 Å². The van der Waals surface area contributed by atoms with Crippen LogP contribution in [0.2, 0.25) is 0 Å². The van der Waals surface area contributed by atoms with Gasteiger partial charge in [-0.15, -0.1) is 0 Å². The third-order valence-corrected chi connectivity index (χ3v) is 5.04. The minimum absolute atomic E-state index is 0.391. The first kappa shape index (κ1) is 21.2. The molecule has 0 amide bonds. The maximum atomic E-state index is 6.02. The smallest absolute Gasteiger partial charge is 0.130 e. The van der Waals surface area contributed by atoms with Crippen LogP contribution in [0.4, 0.5) is 0 Å². The number of allylic oxidation sites excluding steroid dienone is 4. The highest BCUT2D eigenvalue weighted by atomic mass is 16.5. The monoisotopic (exact) mass is 426 g/mol. The predicted octanol–water partition coefficient (Wildman–Crippen LogP) is 4.63. The van der Waals surface area contributed by atoms with Gasteiger partial charge in [0.05, 0.1) is 11.2 Å². The van der Waals surface area contributed by atoms with Gasteiger partial charge in [-0.25, -0.2) is 4.98 Å². The van der Waals surface area contributed by atoms with E-state index in [1.807, 2.05) is 66.7 Å². The molecule has 0 saturated carbocycles. The van der Waals surface area contributed by atoms with Crippen LogP contribution in [0.3, 0.4) is 0 Å². The molecule has 0 atom stereocenters. The van der Waals surface area contributed by atoms with E-state index in [2.05, 4.69) is 28.3 Å². The number of nitrogens with zero attached hydrogens (tertiary/aromatic N) is 2. The number of pyridine rings is 1. The maximum Gasteiger partial charge on any atom is 0.130 e. The number of ether oxygens (including phenoxy) is 2. The number of benzene rings is 2. The molecule has 1 aromatic heterocycles. The Morgan fingerprint density at radius 3 is 2.62 bits per heavy atom. The van der Waals surface area contributed by atoms with Crippen LogP contribution in [0.5, 0.6) is 11.5 Å². The lowest BCUT2D eigenvalue weighted by Gasteiger charge is -2.11. The standard InChI is InChI=1S/C26H26N4O2/c27-26(30-28)15-19-6-1-2-7-20(14-19)17-31-23-9-5-10-24(16-23)32-18-22-13-12-21-8-3-4-11-25(21)29-22/h1-6,8-14,16H,7,15,17-18,28H2,(H2,27,30). The third-order valence-electron chi connectivity index (χ3n) is 5.04. The first-order valence-corrected chi connectivity index (χ1v) is 10.5. The Morgan fingerprint density at radius 2 is 1.78 bits per heavy atom. The summed E-state index contributed by atoms with van der Waals surface area (Å²) in [5.41, 5.74) is 9.79. The number of para-hydroxylation sites is 1. The molecular weight excluding hydrogens is 400 g/mol. The fraction of sp³-hybridized carbons (Fsp3) is 0.154. The Kier molecular flexibility index (Phi) is 6.82. The van der Waals surface area contributed by atoms with Gasteiger partial charge in [-0.2, -0.15) is 5.10 Å². The van der Waals surface area contributed by atoms with Gasteiger partial charge in [0, 0.05) is 17.9 Å². The molecule has 32 heavy (non-hydrogen) atoms. The Hall–Kier alpha value is -4.06. The summed E-state index contributed by atoms with van der Waals surface area (Å²) >= 11 is 0. The average molecular weight is 427 g/mol. The molecule has 2 aromatic carbocycles. The van der Waals surface area contributed by atoms with Crippen LogP contribution >= 0.6 is 0 Å². The normalized spacial score (nSPS) is 13.9. The van der Waals surface area contributed by atoms with Crippen LogP contribution in [0.1, 0.15) is 18.5 Å². The van der Waals surface area contributed by atoms with Crippen molar-refractivity contribution in [1.82, 2.24) is 4.98 Å². The van der Waals surface area contributed by atoms with E-state index in [-0.39, 0.29) is 0 Å². The van der Waals surface area contributed by atoms with Crippen molar-refractivity contribution in [3.8, 4) is 11.5 Å². The van der Waals surface area contributed by atoms with Gasteiger partial charge < -0.3 is 21.1 Å². The van der Waals surface area contributed by atoms with Gasteiger partial charge in [-0.05, 0) is 41.8 Å². The number of aromatic nitrogens is 1. The molecule has 1 heterocycles. The second kappa shape index (κ2) is 10.3. The van der Waals surface area contributed by atoms with Gasteiger partial charge >= 0.3 is 0 Å². The van der Waals surface area contributed by atoms with Gasteiger partial charge in [0.25, 0.3) is 0 Å². The molecule has 1 aliphatic carbocycles. The zero-order valence-electron chi connectivity index (χ0n) is 17.8. The van der Waals surface area contributed by atoms with Gasteiger partial charge in [0.15, 0.2) is 0 Å². The summed E-state index contributed by atoms with van der Waals surface area (Å²) in [6, 6.07) is 19.7. The molecule has 0 unspecified atom stereocenters. The van der Waals surface area contributed by atoms with Crippen LogP contribution < -0.4 is 21.1 Å². The van der Waals surface area contributed by atoms with Crippen LogP contribution in [0.25, 0.3) is 10.9 Å². The first-order valence-electron chi connectivity index (χ1n) is 10.5. The van der Waals surface area contributed by atoms with Gasteiger partial charge in [-0.3, -0.25) is 0 Å². The zero-order chi connectivity index (χ0) is 22.2. The lowest BCUT2D eigenvalue weighted by Crippen LogP contribution is -2.14. The highest BCUT2D eigenvalue weighted by Crippen LogP contribution is 2.23. The van der Waals surface area contributed by atoms with Crippen molar-refractivity contribution in [1.29, 1.82) is 0 Å². The largest absolute Gasteiger partial charge is 0.489 e. The molecule has 1 aliphatic rings. The molecule has 0 radical (unpaired) electrons. The van der Waals surface area contributed by atoms with E-state index in [4.69, 9.17) is 21.1 Å². The number of amidine groups is 1. The van der Waals surface area contributed by atoms with Crippen molar-refractivity contribution in [2.75, 3.05) is 6.61 Å². The predicted molar refractivity (Wildman–Crippen MR) is 128 cm³/mol. The highest BCUT2D eigenvalue weighted by Gasteiger charge is 2.06. The molecule has 0 spiro atoms. The first-order chi connectivity index (χ1) is 15.7. The maximum absolute atomic E-state index is 6.02. The number of fused-ring (bicyclic) bond motifs is 1. The summed E-state index contributed by atoms with van der Waals surface area (Å²) in [6.45, 7) is 0.861. The van der Waals surface area contributed by atoms with Crippen molar-refractivity contribution in [2.24, 2.45) is 16.7 Å². The molecule has 6 heteroatoms. The topological polar surface area (TPSA) is 95.8 Å². The fourth-order valence-corrected chi connectivity index (χ4v) is 3.42. The van der Waals surface area contributed by atoms with E-state index < -0.39 is 0 Å². The number of rotatable bonds is 8. The molecular formula is C26H26N4O2. The van der Waals surface area contributed by atoms with E-state index in [9.17, 15) is 0 Å². The third kappa shape index (κ3) is 5.76. The summed E-state index contributed by atoms with van der Waals surface area (Å²) in [5, 5.41) is 4.66. The van der Waals surface area contributed by atoms with Crippen LogP contribution in [0, 0.1) is 0 Å². The molecule has 3 aromatic rings. The van der Waals surface area contributed by atoms with Crippen LogP contribution in [-0.4, -0.2) is 17.4 Å². The molecule has 162 valence electrons. The molecule has 0 saturated heterocycles. The minimum atomic E-state index is 0.391.